The lowest BCUT2D eigenvalue weighted by Crippen LogP contribution is -2.56. The van der Waals surface area contributed by atoms with Crippen molar-refractivity contribution in [3.05, 3.63) is 35.9 Å². The van der Waals surface area contributed by atoms with Gasteiger partial charge in [0.1, 0.15) is 5.54 Å². The molecule has 1 spiro atoms. The number of carbonyl (C=O) groups excluding carboxylic acids is 3. The smallest absolute Gasteiger partial charge is 0.325 e. The van der Waals surface area contributed by atoms with E-state index in [2.05, 4.69) is 22.3 Å². The lowest BCUT2D eigenvalue weighted by molar-refractivity contribution is -0.139. The van der Waals surface area contributed by atoms with Gasteiger partial charge in [-0.15, -0.1) is 0 Å². The number of benzene rings is 1. The first kappa shape index (κ1) is 20.8. The topological polar surface area (TPSA) is 73.0 Å². The zero-order valence-electron chi connectivity index (χ0n) is 17.8. The monoisotopic (exact) mass is 412 g/mol. The summed E-state index contributed by atoms with van der Waals surface area (Å²) >= 11 is 0. The molecule has 3 heterocycles. The fourth-order valence-electron chi connectivity index (χ4n) is 5.01. The molecule has 0 bridgehead atoms. The third-order valence-electron chi connectivity index (χ3n) is 6.73. The third-order valence-corrected chi connectivity index (χ3v) is 6.73. The Morgan fingerprint density at radius 1 is 1.13 bits per heavy atom. The Morgan fingerprint density at radius 3 is 2.57 bits per heavy atom. The second kappa shape index (κ2) is 8.76. The van der Waals surface area contributed by atoms with Crippen molar-refractivity contribution in [3.8, 4) is 0 Å². The largest absolute Gasteiger partial charge is 0.341 e. The Balaban J connectivity index is 1.39. The molecular formula is C23H32N4O3. The number of amides is 4. The van der Waals surface area contributed by atoms with E-state index in [-0.39, 0.29) is 23.9 Å². The molecule has 3 fully saturated rings. The van der Waals surface area contributed by atoms with Crippen molar-refractivity contribution in [1.29, 1.82) is 0 Å². The quantitative estimate of drug-likeness (QED) is 0.754. The minimum absolute atomic E-state index is 0.0957. The van der Waals surface area contributed by atoms with E-state index < -0.39 is 5.54 Å². The molecule has 0 radical (unpaired) electrons. The highest BCUT2D eigenvalue weighted by Gasteiger charge is 2.54. The van der Waals surface area contributed by atoms with E-state index in [0.717, 1.165) is 45.4 Å². The molecule has 162 valence electrons. The normalized spacial score (nSPS) is 24.4. The van der Waals surface area contributed by atoms with Crippen molar-refractivity contribution in [2.75, 3.05) is 26.2 Å². The summed E-state index contributed by atoms with van der Waals surface area (Å²) in [4.78, 5) is 44.1. The number of nitrogens with zero attached hydrogens (tertiary/aromatic N) is 3. The van der Waals surface area contributed by atoms with Gasteiger partial charge in [0.2, 0.25) is 5.91 Å². The fourth-order valence-corrected chi connectivity index (χ4v) is 5.01. The summed E-state index contributed by atoms with van der Waals surface area (Å²) in [5.74, 6) is 0.0276. The second-order valence-corrected chi connectivity index (χ2v) is 8.83. The highest BCUT2D eigenvalue weighted by molar-refractivity contribution is 6.07. The van der Waals surface area contributed by atoms with Gasteiger partial charge in [-0.1, -0.05) is 37.3 Å². The molecule has 1 aromatic rings. The van der Waals surface area contributed by atoms with Gasteiger partial charge >= 0.3 is 6.03 Å². The van der Waals surface area contributed by atoms with E-state index >= 15 is 0 Å². The van der Waals surface area contributed by atoms with Crippen LogP contribution in [0.3, 0.4) is 0 Å². The maximum atomic E-state index is 13.4. The molecular weight excluding hydrogens is 380 g/mol. The highest BCUT2D eigenvalue weighted by Crippen LogP contribution is 2.33. The Bertz CT molecular complexity index is 789. The number of nitrogens with one attached hydrogen (secondary N) is 1. The van der Waals surface area contributed by atoms with Crippen LogP contribution < -0.4 is 5.32 Å². The molecule has 3 aliphatic rings. The van der Waals surface area contributed by atoms with Crippen molar-refractivity contribution in [2.45, 2.75) is 63.6 Å². The van der Waals surface area contributed by atoms with Crippen LogP contribution in [0.2, 0.25) is 0 Å². The van der Waals surface area contributed by atoms with E-state index in [0.29, 0.717) is 25.8 Å². The van der Waals surface area contributed by atoms with E-state index in [1.807, 2.05) is 30.0 Å². The summed E-state index contributed by atoms with van der Waals surface area (Å²) in [6.45, 7) is 5.60. The first-order valence-corrected chi connectivity index (χ1v) is 11.2. The van der Waals surface area contributed by atoms with Crippen molar-refractivity contribution in [2.24, 2.45) is 0 Å². The summed E-state index contributed by atoms with van der Waals surface area (Å²) in [6, 6.07) is 9.82. The summed E-state index contributed by atoms with van der Waals surface area (Å²) in [7, 11) is 0. The van der Waals surface area contributed by atoms with Crippen LogP contribution in [0.4, 0.5) is 4.79 Å². The first-order valence-electron chi connectivity index (χ1n) is 11.2. The molecule has 3 saturated heterocycles. The van der Waals surface area contributed by atoms with Gasteiger partial charge < -0.3 is 10.2 Å². The third kappa shape index (κ3) is 4.08. The molecule has 7 heteroatoms. The molecule has 0 unspecified atom stereocenters. The van der Waals surface area contributed by atoms with E-state index in [1.54, 1.807) is 0 Å². The molecule has 4 amide bonds. The van der Waals surface area contributed by atoms with Crippen molar-refractivity contribution >= 4 is 17.8 Å². The Labute approximate surface area is 178 Å². The number of imide groups is 1. The average Bonchev–Trinajstić information content (AvgIpc) is 3.00. The summed E-state index contributed by atoms with van der Waals surface area (Å²) in [5.41, 5.74) is 0.482. The summed E-state index contributed by atoms with van der Waals surface area (Å²) < 4.78 is 0. The van der Waals surface area contributed by atoms with Crippen LogP contribution >= 0.6 is 0 Å². The van der Waals surface area contributed by atoms with Gasteiger partial charge in [0.05, 0.1) is 6.04 Å². The van der Waals surface area contributed by atoms with Gasteiger partial charge in [-0.3, -0.25) is 19.4 Å². The number of urea groups is 1. The van der Waals surface area contributed by atoms with Gasteiger partial charge in [-0.25, -0.2) is 4.79 Å². The molecule has 1 aromatic carbocycles. The van der Waals surface area contributed by atoms with E-state index in [9.17, 15) is 14.4 Å². The summed E-state index contributed by atoms with van der Waals surface area (Å²) in [5, 5.41) is 3.03. The fraction of sp³-hybridized carbons (Fsp3) is 0.609. The van der Waals surface area contributed by atoms with Crippen LogP contribution in [0.25, 0.3) is 0 Å². The van der Waals surface area contributed by atoms with E-state index in [4.69, 9.17) is 0 Å². The highest BCUT2D eigenvalue weighted by atomic mass is 16.2. The number of likely N-dealkylation sites (tertiary alicyclic amines) is 2. The minimum Gasteiger partial charge on any atom is -0.341 e. The number of rotatable bonds is 5. The van der Waals surface area contributed by atoms with Crippen molar-refractivity contribution in [1.82, 2.24) is 20.0 Å². The van der Waals surface area contributed by atoms with Gasteiger partial charge in [-0.2, -0.15) is 0 Å². The molecule has 3 aliphatic heterocycles. The minimum atomic E-state index is -0.778. The number of hydrogen-bond acceptors (Lipinski definition) is 4. The zero-order valence-corrected chi connectivity index (χ0v) is 17.8. The molecule has 1 atom stereocenters. The number of carbonyl (C=O) groups is 3. The number of hydrogen-bond donors (Lipinski definition) is 1. The Kier molecular flexibility index (Phi) is 6.09. The average molecular weight is 413 g/mol. The first-order chi connectivity index (χ1) is 14.5. The van der Waals surface area contributed by atoms with Gasteiger partial charge in [0.25, 0.3) is 5.91 Å². The Hall–Kier alpha value is -2.41. The van der Waals surface area contributed by atoms with Gasteiger partial charge in [-0.05, 0) is 37.7 Å². The van der Waals surface area contributed by atoms with Crippen LogP contribution in [-0.2, 0) is 16.1 Å². The van der Waals surface area contributed by atoms with Crippen LogP contribution in [0.15, 0.2) is 30.3 Å². The maximum absolute atomic E-state index is 13.4. The second-order valence-electron chi connectivity index (χ2n) is 8.83. The molecule has 0 aliphatic carbocycles. The molecule has 0 aromatic heterocycles. The van der Waals surface area contributed by atoms with Crippen LogP contribution in [0.5, 0.6) is 0 Å². The molecule has 0 saturated carbocycles. The SMILES string of the molecule is CCCC(=O)N1CCC[C@H](N2C(=O)NC3(CCN(Cc4ccccc4)CC3)C2=O)C1. The molecule has 4 rings (SSSR count). The maximum Gasteiger partial charge on any atom is 0.325 e. The predicted octanol–water partition coefficient (Wildman–Crippen LogP) is 2.36. The van der Waals surface area contributed by atoms with Crippen LogP contribution in [0, 0.1) is 0 Å². The molecule has 1 N–H and O–H groups in total. The number of piperidine rings is 2. The van der Waals surface area contributed by atoms with Crippen molar-refractivity contribution < 1.29 is 14.4 Å². The molecule has 30 heavy (non-hydrogen) atoms. The van der Waals surface area contributed by atoms with Crippen molar-refractivity contribution in [3.63, 3.8) is 0 Å². The van der Waals surface area contributed by atoms with Gasteiger partial charge in [0, 0.05) is 39.1 Å². The van der Waals surface area contributed by atoms with Crippen LogP contribution in [-0.4, -0.2) is 70.3 Å². The standard InChI is InChI=1S/C23H32N4O3/c1-2-7-20(28)26-13-6-10-19(17-26)27-21(29)23(24-22(27)30)11-14-25(15-12-23)16-18-8-4-3-5-9-18/h3-5,8-9,19H,2,6-7,10-17H2,1H3,(H,24,30)/t19-/m0/s1. The lowest BCUT2D eigenvalue weighted by Gasteiger charge is -2.39. The Morgan fingerprint density at radius 2 is 1.87 bits per heavy atom. The molecule has 7 nitrogen and oxygen atoms in total. The lowest BCUT2D eigenvalue weighted by atomic mass is 9.87. The predicted molar refractivity (Wildman–Crippen MR) is 114 cm³/mol. The van der Waals surface area contributed by atoms with Gasteiger partial charge in [0.15, 0.2) is 0 Å². The van der Waals surface area contributed by atoms with E-state index in [1.165, 1.54) is 10.5 Å². The zero-order chi connectivity index (χ0) is 21.1. The van der Waals surface area contributed by atoms with Crippen LogP contribution in [0.1, 0.15) is 51.0 Å². The summed E-state index contributed by atoms with van der Waals surface area (Å²) in [6.07, 6.45) is 4.19.